The van der Waals surface area contributed by atoms with E-state index in [1.807, 2.05) is 4.90 Å². The van der Waals surface area contributed by atoms with E-state index in [0.29, 0.717) is 12.2 Å². The van der Waals surface area contributed by atoms with E-state index in [2.05, 4.69) is 5.32 Å². The summed E-state index contributed by atoms with van der Waals surface area (Å²) in [6.45, 7) is 3.41. The van der Waals surface area contributed by atoms with E-state index in [4.69, 9.17) is 16.3 Å². The smallest absolute Gasteiger partial charge is 0.226 e. The van der Waals surface area contributed by atoms with Crippen LogP contribution >= 0.6 is 11.6 Å². The van der Waals surface area contributed by atoms with E-state index in [1.165, 1.54) is 18.2 Å². The molecule has 0 unspecified atom stereocenters. The van der Waals surface area contributed by atoms with Gasteiger partial charge in [0, 0.05) is 32.2 Å². The van der Waals surface area contributed by atoms with E-state index in [0.717, 1.165) is 26.2 Å². The monoisotopic (exact) mass is 286 g/mol. The van der Waals surface area contributed by atoms with Crippen LogP contribution in [0.15, 0.2) is 18.2 Å². The van der Waals surface area contributed by atoms with Gasteiger partial charge in [0.2, 0.25) is 5.91 Å². The molecule has 6 heteroatoms. The summed E-state index contributed by atoms with van der Waals surface area (Å²) in [5.74, 6) is 0.0696. The van der Waals surface area contributed by atoms with Crippen molar-refractivity contribution < 1.29 is 13.9 Å². The number of piperazine rings is 1. The lowest BCUT2D eigenvalue weighted by Crippen LogP contribution is -2.46. The molecule has 0 aromatic heterocycles. The van der Waals surface area contributed by atoms with Crippen molar-refractivity contribution >= 4 is 17.5 Å². The van der Waals surface area contributed by atoms with Crippen LogP contribution in [0.3, 0.4) is 0 Å². The fraction of sp³-hybridized carbons (Fsp3) is 0.462. The number of hydrogen-bond donors (Lipinski definition) is 1. The summed E-state index contributed by atoms with van der Waals surface area (Å²) in [5, 5.41) is 3.21. The van der Waals surface area contributed by atoms with Crippen LogP contribution < -0.4 is 10.1 Å². The van der Waals surface area contributed by atoms with E-state index in [1.54, 1.807) is 0 Å². The van der Waals surface area contributed by atoms with Gasteiger partial charge in [-0.25, -0.2) is 4.39 Å². The maximum Gasteiger partial charge on any atom is 0.226 e. The molecule has 1 amide bonds. The molecule has 1 heterocycles. The van der Waals surface area contributed by atoms with Crippen molar-refractivity contribution in [3.05, 3.63) is 29.0 Å². The number of carbonyl (C=O) groups excluding carboxylic acids is 1. The summed E-state index contributed by atoms with van der Waals surface area (Å²) in [6, 6.07) is 4.15. The molecular weight excluding hydrogens is 271 g/mol. The average Bonchev–Trinajstić information content (AvgIpc) is 2.43. The molecule has 4 nitrogen and oxygen atoms in total. The lowest BCUT2D eigenvalue weighted by molar-refractivity contribution is -0.132. The molecule has 0 bridgehead atoms. The highest BCUT2D eigenvalue weighted by atomic mass is 35.5. The molecular formula is C13H16ClFN2O2. The van der Waals surface area contributed by atoms with Gasteiger partial charge < -0.3 is 15.0 Å². The number of nitrogens with one attached hydrogen (secondary N) is 1. The number of halogens is 2. The van der Waals surface area contributed by atoms with Gasteiger partial charge in [0.05, 0.1) is 18.1 Å². The van der Waals surface area contributed by atoms with Gasteiger partial charge in [-0.05, 0) is 12.1 Å². The number of hydrogen-bond acceptors (Lipinski definition) is 3. The van der Waals surface area contributed by atoms with Crippen LogP contribution in [0.5, 0.6) is 5.75 Å². The molecule has 1 aromatic carbocycles. The van der Waals surface area contributed by atoms with E-state index in [9.17, 15) is 9.18 Å². The third-order valence-corrected chi connectivity index (χ3v) is 3.24. The minimum absolute atomic E-state index is 0.0194. The van der Waals surface area contributed by atoms with Crippen LogP contribution in [0.2, 0.25) is 5.02 Å². The molecule has 0 radical (unpaired) electrons. The summed E-state index contributed by atoms with van der Waals surface area (Å²) in [6.07, 6.45) is 0.314. The van der Waals surface area contributed by atoms with Gasteiger partial charge in [0.15, 0.2) is 0 Å². The van der Waals surface area contributed by atoms with Crippen molar-refractivity contribution in [1.82, 2.24) is 10.2 Å². The van der Waals surface area contributed by atoms with Crippen LogP contribution in [0.1, 0.15) is 6.42 Å². The molecule has 1 aromatic rings. The van der Waals surface area contributed by atoms with Gasteiger partial charge in [-0.1, -0.05) is 11.6 Å². The first-order valence-electron chi connectivity index (χ1n) is 6.23. The largest absolute Gasteiger partial charge is 0.493 e. The van der Waals surface area contributed by atoms with Crippen LogP contribution in [-0.2, 0) is 4.79 Å². The average molecular weight is 287 g/mol. The highest BCUT2D eigenvalue weighted by Gasteiger charge is 2.15. The summed E-state index contributed by atoms with van der Waals surface area (Å²) >= 11 is 5.64. The third-order valence-electron chi connectivity index (χ3n) is 2.95. The first-order chi connectivity index (χ1) is 9.16. The quantitative estimate of drug-likeness (QED) is 0.916. The van der Waals surface area contributed by atoms with Crippen molar-refractivity contribution in [2.24, 2.45) is 0 Å². The molecule has 1 N–H and O–H groups in total. The van der Waals surface area contributed by atoms with Gasteiger partial charge in [-0.3, -0.25) is 4.79 Å². The second-order valence-electron chi connectivity index (χ2n) is 4.31. The molecule has 1 aliphatic heterocycles. The van der Waals surface area contributed by atoms with Gasteiger partial charge in [0.1, 0.15) is 11.6 Å². The van der Waals surface area contributed by atoms with E-state index in [-0.39, 0.29) is 17.5 Å². The molecule has 0 spiro atoms. The molecule has 1 saturated heterocycles. The molecule has 1 aliphatic rings. The van der Waals surface area contributed by atoms with Crippen LogP contribution in [0.25, 0.3) is 0 Å². The maximum absolute atomic E-state index is 12.9. The Labute approximate surface area is 116 Å². The predicted octanol–water partition coefficient (Wildman–Crippen LogP) is 1.68. The highest BCUT2D eigenvalue weighted by molar-refractivity contribution is 6.30. The fourth-order valence-electron chi connectivity index (χ4n) is 1.90. The summed E-state index contributed by atoms with van der Waals surface area (Å²) in [5.41, 5.74) is 0. The normalized spacial score (nSPS) is 15.4. The fourth-order valence-corrected chi connectivity index (χ4v) is 2.07. The summed E-state index contributed by atoms with van der Waals surface area (Å²) in [7, 11) is 0. The number of rotatable bonds is 4. The number of carbonyl (C=O) groups is 1. The Balaban J connectivity index is 1.76. The van der Waals surface area contributed by atoms with Crippen molar-refractivity contribution in [1.29, 1.82) is 0 Å². The van der Waals surface area contributed by atoms with E-state index < -0.39 is 5.82 Å². The topological polar surface area (TPSA) is 41.6 Å². The zero-order chi connectivity index (χ0) is 13.7. The predicted molar refractivity (Wildman–Crippen MR) is 71.0 cm³/mol. The minimum atomic E-state index is -0.481. The Bertz CT molecular complexity index is 450. The second kappa shape index (κ2) is 6.73. The molecule has 19 heavy (non-hydrogen) atoms. The van der Waals surface area contributed by atoms with Crippen molar-refractivity contribution in [2.75, 3.05) is 32.8 Å². The van der Waals surface area contributed by atoms with Crippen molar-refractivity contribution in [2.45, 2.75) is 6.42 Å². The molecule has 0 atom stereocenters. The SMILES string of the molecule is O=C(CCOc1ccc(F)c(Cl)c1)N1CCNCC1. The molecule has 0 aliphatic carbocycles. The lowest BCUT2D eigenvalue weighted by atomic mass is 10.3. The Morgan fingerprint density at radius 1 is 1.42 bits per heavy atom. The number of ether oxygens (including phenoxy) is 1. The highest BCUT2D eigenvalue weighted by Crippen LogP contribution is 2.21. The van der Waals surface area contributed by atoms with E-state index >= 15 is 0 Å². The van der Waals surface area contributed by atoms with Crippen LogP contribution in [0.4, 0.5) is 4.39 Å². The first-order valence-corrected chi connectivity index (χ1v) is 6.61. The maximum atomic E-state index is 12.9. The van der Waals surface area contributed by atoms with Crippen LogP contribution in [0, 0.1) is 5.82 Å². The molecule has 104 valence electrons. The number of benzene rings is 1. The second-order valence-corrected chi connectivity index (χ2v) is 4.71. The van der Waals surface area contributed by atoms with Crippen molar-refractivity contribution in [3.63, 3.8) is 0 Å². The summed E-state index contributed by atoms with van der Waals surface area (Å²) < 4.78 is 18.3. The molecule has 2 rings (SSSR count). The lowest BCUT2D eigenvalue weighted by Gasteiger charge is -2.27. The Kier molecular flexibility index (Phi) is 4.99. The van der Waals surface area contributed by atoms with Gasteiger partial charge in [0.25, 0.3) is 0 Å². The van der Waals surface area contributed by atoms with Gasteiger partial charge >= 0.3 is 0 Å². The first kappa shape index (κ1) is 14.1. The van der Waals surface area contributed by atoms with Crippen molar-refractivity contribution in [3.8, 4) is 5.75 Å². The zero-order valence-corrected chi connectivity index (χ0v) is 11.3. The van der Waals surface area contributed by atoms with Gasteiger partial charge in [-0.15, -0.1) is 0 Å². The van der Waals surface area contributed by atoms with Crippen LogP contribution in [-0.4, -0.2) is 43.6 Å². The standard InChI is InChI=1S/C13H16ClFN2O2/c14-11-9-10(1-2-12(11)15)19-8-3-13(18)17-6-4-16-5-7-17/h1-2,9,16H,3-8H2. The zero-order valence-electron chi connectivity index (χ0n) is 10.5. The Morgan fingerprint density at radius 2 is 2.16 bits per heavy atom. The Morgan fingerprint density at radius 3 is 2.84 bits per heavy atom. The number of nitrogens with zero attached hydrogens (tertiary/aromatic N) is 1. The molecule has 0 saturated carbocycles. The minimum Gasteiger partial charge on any atom is -0.493 e. The number of amides is 1. The Hall–Kier alpha value is -1.33. The van der Waals surface area contributed by atoms with Gasteiger partial charge in [-0.2, -0.15) is 0 Å². The molecule has 1 fully saturated rings. The third kappa shape index (κ3) is 4.08. The summed E-state index contributed by atoms with van der Waals surface area (Å²) in [4.78, 5) is 13.7.